The van der Waals surface area contributed by atoms with Gasteiger partial charge in [0.15, 0.2) is 11.7 Å². The van der Waals surface area contributed by atoms with Crippen molar-refractivity contribution in [3.05, 3.63) is 83.1 Å². The van der Waals surface area contributed by atoms with E-state index in [4.69, 9.17) is 26.4 Å². The van der Waals surface area contributed by atoms with Crippen molar-refractivity contribution in [2.24, 2.45) is 5.10 Å². The summed E-state index contributed by atoms with van der Waals surface area (Å²) in [6.45, 7) is 9.72. The number of thiocarbonyl (C=S) groups is 1. The maximum Gasteiger partial charge on any atom is 0.338 e. The van der Waals surface area contributed by atoms with Gasteiger partial charge in [0.1, 0.15) is 11.5 Å². The molecule has 0 aromatic heterocycles. The molecular formula is C28H32N4O5S. The molecule has 1 heterocycles. The molecule has 1 aliphatic rings. The molecule has 1 amide bonds. The number of carbonyl (C=O) groups is 2. The lowest BCUT2D eigenvalue weighted by Crippen LogP contribution is -2.45. The Hall–Kier alpha value is -4.18. The van der Waals surface area contributed by atoms with Crippen molar-refractivity contribution in [2.45, 2.75) is 33.2 Å². The van der Waals surface area contributed by atoms with Crippen LogP contribution in [0.3, 0.4) is 0 Å². The van der Waals surface area contributed by atoms with Crippen LogP contribution >= 0.6 is 12.2 Å². The monoisotopic (exact) mass is 536 g/mol. The Morgan fingerprint density at radius 1 is 1.13 bits per heavy atom. The van der Waals surface area contributed by atoms with Gasteiger partial charge >= 0.3 is 5.97 Å². The Balaban J connectivity index is 1.68. The number of hydrazone groups is 1. The Kier molecular flexibility index (Phi) is 10.4. The van der Waals surface area contributed by atoms with Gasteiger partial charge in [0.2, 0.25) is 0 Å². The number of ether oxygens (including phenoxy) is 3. The Labute approximate surface area is 227 Å². The molecule has 0 saturated carbocycles. The highest BCUT2D eigenvalue weighted by molar-refractivity contribution is 7.80. The van der Waals surface area contributed by atoms with Crippen LogP contribution in [0.4, 0.5) is 0 Å². The molecular weight excluding hydrogens is 504 g/mol. The Morgan fingerprint density at radius 2 is 1.92 bits per heavy atom. The third-order valence-corrected chi connectivity index (χ3v) is 5.72. The molecule has 3 rings (SSSR count). The Bertz CT molecular complexity index is 1260. The van der Waals surface area contributed by atoms with Crippen molar-refractivity contribution in [1.29, 1.82) is 0 Å². The Morgan fingerprint density at radius 3 is 2.66 bits per heavy atom. The molecule has 2 aromatic carbocycles. The lowest BCUT2D eigenvalue weighted by Gasteiger charge is -2.30. The van der Waals surface area contributed by atoms with Gasteiger partial charge in [0.25, 0.3) is 5.91 Å². The van der Waals surface area contributed by atoms with Crippen LogP contribution in [-0.4, -0.2) is 43.0 Å². The highest BCUT2D eigenvalue weighted by atomic mass is 32.1. The van der Waals surface area contributed by atoms with Gasteiger partial charge in [-0.3, -0.25) is 4.79 Å². The molecule has 0 bridgehead atoms. The smallest absolute Gasteiger partial charge is 0.338 e. The van der Waals surface area contributed by atoms with Crippen molar-refractivity contribution in [3.8, 4) is 11.5 Å². The van der Waals surface area contributed by atoms with Crippen LogP contribution in [0, 0.1) is 0 Å². The number of rotatable bonds is 12. The second kappa shape index (κ2) is 13.9. The summed E-state index contributed by atoms with van der Waals surface area (Å²) >= 11 is 5.30. The first-order valence-electron chi connectivity index (χ1n) is 12.2. The fourth-order valence-electron chi connectivity index (χ4n) is 3.90. The first-order chi connectivity index (χ1) is 18.4. The van der Waals surface area contributed by atoms with Crippen LogP contribution in [-0.2, 0) is 20.7 Å². The minimum absolute atomic E-state index is 0.234. The minimum Gasteiger partial charge on any atom is -0.494 e. The van der Waals surface area contributed by atoms with Crippen LogP contribution in [0.15, 0.2) is 71.5 Å². The van der Waals surface area contributed by atoms with E-state index < -0.39 is 17.9 Å². The molecule has 0 spiro atoms. The summed E-state index contributed by atoms with van der Waals surface area (Å²) in [6.07, 6.45) is 4.00. The van der Waals surface area contributed by atoms with Gasteiger partial charge in [0, 0.05) is 11.3 Å². The third-order valence-electron chi connectivity index (χ3n) is 5.50. The van der Waals surface area contributed by atoms with Crippen molar-refractivity contribution in [3.63, 3.8) is 0 Å². The number of hydrogen-bond acceptors (Lipinski definition) is 7. The van der Waals surface area contributed by atoms with Crippen molar-refractivity contribution >= 4 is 35.4 Å². The molecule has 2 aromatic rings. The number of amides is 1. The van der Waals surface area contributed by atoms with E-state index in [-0.39, 0.29) is 13.2 Å². The molecule has 9 nitrogen and oxygen atoms in total. The standard InChI is InChI=1S/C28H32N4O5S/c1-5-10-20-15-19(13-14-22(20)35-6-2)16-29-32-24(33)17-37-23-12-9-8-11-21(23)26-25(27(34)36-7-3)18(4)30-28(38)31-26/h5,8-9,11-16,26H,1,6-7,10,17H2,2-4H3,(H,32,33)(H2,30,31,38)/t26-/m1/s1. The second-order valence-electron chi connectivity index (χ2n) is 8.20. The first kappa shape index (κ1) is 28.4. The van der Waals surface area contributed by atoms with Crippen LogP contribution in [0.2, 0.25) is 0 Å². The van der Waals surface area contributed by atoms with Crippen molar-refractivity contribution in [1.82, 2.24) is 16.1 Å². The molecule has 200 valence electrons. The minimum atomic E-state index is -0.607. The summed E-state index contributed by atoms with van der Waals surface area (Å²) in [4.78, 5) is 25.1. The van der Waals surface area contributed by atoms with Gasteiger partial charge in [-0.25, -0.2) is 10.2 Å². The van der Waals surface area contributed by atoms with Gasteiger partial charge in [-0.05, 0) is 74.8 Å². The van der Waals surface area contributed by atoms with Crippen LogP contribution in [0.5, 0.6) is 11.5 Å². The number of allylic oxidation sites excluding steroid dienone is 2. The zero-order chi connectivity index (χ0) is 27.5. The predicted molar refractivity (Wildman–Crippen MR) is 150 cm³/mol. The number of hydrogen-bond donors (Lipinski definition) is 3. The SMILES string of the molecule is C=CCc1cc(C=NNC(=O)COc2ccccc2[C@H]2NC(=S)NC(C)=C2C(=O)OCC)ccc1OCC. The highest BCUT2D eigenvalue weighted by Gasteiger charge is 2.32. The van der Waals surface area contributed by atoms with Gasteiger partial charge < -0.3 is 24.8 Å². The number of esters is 1. The molecule has 0 saturated heterocycles. The topological polar surface area (TPSA) is 110 Å². The summed E-state index contributed by atoms with van der Waals surface area (Å²) in [7, 11) is 0. The lowest BCUT2D eigenvalue weighted by atomic mass is 9.95. The quantitative estimate of drug-likeness (QED) is 0.124. The van der Waals surface area contributed by atoms with Crippen LogP contribution in [0.25, 0.3) is 0 Å². The maximum atomic E-state index is 12.7. The van der Waals surface area contributed by atoms with E-state index in [1.807, 2.05) is 31.2 Å². The van der Waals surface area contributed by atoms with Crippen LogP contribution < -0.4 is 25.5 Å². The maximum absolute atomic E-state index is 12.7. The van der Waals surface area contributed by atoms with E-state index >= 15 is 0 Å². The van der Waals surface area contributed by atoms with E-state index in [0.717, 1.165) is 16.9 Å². The molecule has 1 atom stereocenters. The molecule has 0 aliphatic carbocycles. The van der Waals surface area contributed by atoms with Crippen molar-refractivity contribution < 1.29 is 23.8 Å². The normalized spacial score (nSPS) is 14.9. The van der Waals surface area contributed by atoms with E-state index in [1.54, 1.807) is 44.3 Å². The molecule has 10 heteroatoms. The largest absolute Gasteiger partial charge is 0.494 e. The summed E-state index contributed by atoms with van der Waals surface area (Å²) in [5.41, 5.74) is 5.87. The van der Waals surface area contributed by atoms with Gasteiger partial charge in [0.05, 0.1) is 31.0 Å². The van der Waals surface area contributed by atoms with Gasteiger partial charge in [-0.2, -0.15) is 5.10 Å². The first-order valence-corrected chi connectivity index (χ1v) is 12.6. The average Bonchev–Trinajstić information content (AvgIpc) is 2.89. The number of nitrogens with one attached hydrogen (secondary N) is 3. The fraction of sp³-hybridized carbons (Fsp3) is 0.286. The summed E-state index contributed by atoms with van der Waals surface area (Å²) in [5.74, 6) is 0.300. The molecule has 38 heavy (non-hydrogen) atoms. The number of para-hydroxylation sites is 1. The zero-order valence-electron chi connectivity index (χ0n) is 21.7. The summed E-state index contributed by atoms with van der Waals surface area (Å²) in [6, 6.07) is 12.2. The molecule has 0 radical (unpaired) electrons. The number of benzene rings is 2. The van der Waals surface area contributed by atoms with Crippen LogP contribution in [0.1, 0.15) is 43.5 Å². The number of carbonyl (C=O) groups excluding carboxylic acids is 2. The second-order valence-corrected chi connectivity index (χ2v) is 8.61. The summed E-state index contributed by atoms with van der Waals surface area (Å²) < 4.78 is 16.7. The average molecular weight is 537 g/mol. The van der Waals surface area contributed by atoms with E-state index in [1.165, 1.54) is 0 Å². The molecule has 0 unspecified atom stereocenters. The van der Waals surface area contributed by atoms with E-state index in [0.29, 0.717) is 40.7 Å². The van der Waals surface area contributed by atoms with Crippen molar-refractivity contribution in [2.75, 3.05) is 19.8 Å². The predicted octanol–water partition coefficient (Wildman–Crippen LogP) is 3.70. The lowest BCUT2D eigenvalue weighted by molar-refractivity contribution is -0.139. The third kappa shape index (κ3) is 7.42. The molecule has 0 fully saturated rings. The summed E-state index contributed by atoms with van der Waals surface area (Å²) in [5, 5.41) is 10.5. The highest BCUT2D eigenvalue weighted by Crippen LogP contribution is 2.33. The van der Waals surface area contributed by atoms with Gasteiger partial charge in [-0.1, -0.05) is 24.3 Å². The van der Waals surface area contributed by atoms with E-state index in [2.05, 4.69) is 27.7 Å². The van der Waals surface area contributed by atoms with Gasteiger partial charge in [-0.15, -0.1) is 6.58 Å². The fourth-order valence-corrected chi connectivity index (χ4v) is 4.17. The zero-order valence-corrected chi connectivity index (χ0v) is 22.5. The van der Waals surface area contributed by atoms with E-state index in [9.17, 15) is 9.59 Å². The number of nitrogens with zero attached hydrogens (tertiary/aromatic N) is 1. The molecule has 1 aliphatic heterocycles. The molecule has 3 N–H and O–H groups in total.